The van der Waals surface area contributed by atoms with E-state index in [4.69, 9.17) is 11.5 Å². The van der Waals surface area contributed by atoms with Crippen molar-refractivity contribution < 1.29 is 9.59 Å². The van der Waals surface area contributed by atoms with Crippen LogP contribution < -0.4 is 16.8 Å². The number of amides is 2. The molecule has 0 fully saturated rings. The minimum absolute atomic E-state index is 0.262. The first-order valence-electron chi connectivity index (χ1n) is 5.61. The van der Waals surface area contributed by atoms with Crippen LogP contribution in [-0.2, 0) is 7.05 Å². The Hall–Kier alpha value is -2.76. The fourth-order valence-corrected chi connectivity index (χ4v) is 1.81. The maximum Gasteiger partial charge on any atom is 0.272 e. The van der Waals surface area contributed by atoms with Gasteiger partial charge in [0, 0.05) is 13.2 Å². The topological polar surface area (TPSA) is 103 Å². The Morgan fingerprint density at radius 2 is 1.95 bits per heavy atom. The van der Waals surface area contributed by atoms with E-state index in [-0.39, 0.29) is 11.5 Å². The van der Waals surface area contributed by atoms with Crippen LogP contribution in [0.4, 0.5) is 11.4 Å². The second-order valence-corrected chi connectivity index (χ2v) is 4.13. The highest BCUT2D eigenvalue weighted by Crippen LogP contribution is 2.16. The molecule has 0 aliphatic rings. The Bertz CT molecular complexity index is 646. The van der Waals surface area contributed by atoms with Crippen LogP contribution in [0.1, 0.15) is 20.8 Å². The summed E-state index contributed by atoms with van der Waals surface area (Å²) in [5.74, 6) is -0.949. The highest BCUT2D eigenvalue weighted by molar-refractivity contribution is 6.08. The third-order valence-electron chi connectivity index (χ3n) is 2.70. The number of nitrogens with zero attached hydrogens (tertiary/aromatic N) is 1. The highest BCUT2D eigenvalue weighted by Gasteiger charge is 2.14. The van der Waals surface area contributed by atoms with Crippen molar-refractivity contribution in [2.45, 2.75) is 0 Å². The average molecular weight is 258 g/mol. The van der Waals surface area contributed by atoms with Crippen molar-refractivity contribution in [1.82, 2.24) is 4.57 Å². The Kier molecular flexibility index (Phi) is 3.24. The average Bonchev–Trinajstić information content (AvgIpc) is 2.69. The summed E-state index contributed by atoms with van der Waals surface area (Å²) in [5, 5.41) is 2.65. The van der Waals surface area contributed by atoms with Crippen LogP contribution >= 0.6 is 0 Å². The molecule has 0 spiro atoms. The highest BCUT2D eigenvalue weighted by atomic mass is 16.2. The standard InChI is InChI=1S/C13H14N4O2/c1-17-7-8(14)6-11(17)13(19)16-10-5-3-2-4-9(10)12(15)18/h2-7H,14H2,1H3,(H2,15,18)(H,16,19). The summed E-state index contributed by atoms with van der Waals surface area (Å²) < 4.78 is 1.61. The van der Waals surface area contributed by atoms with Gasteiger partial charge in [0.1, 0.15) is 5.69 Å². The van der Waals surface area contributed by atoms with Crippen LogP contribution in [0.3, 0.4) is 0 Å². The van der Waals surface area contributed by atoms with Crippen molar-refractivity contribution in [2.75, 3.05) is 11.1 Å². The number of nitrogens with two attached hydrogens (primary N) is 2. The predicted octanol–water partition coefficient (Wildman–Crippen LogP) is 0.959. The molecule has 0 saturated heterocycles. The van der Waals surface area contributed by atoms with E-state index in [1.54, 1.807) is 48.1 Å². The molecular weight excluding hydrogens is 244 g/mol. The van der Waals surface area contributed by atoms with E-state index < -0.39 is 5.91 Å². The monoisotopic (exact) mass is 258 g/mol. The number of nitrogen functional groups attached to an aromatic ring is 1. The van der Waals surface area contributed by atoms with Crippen molar-refractivity contribution in [3.8, 4) is 0 Å². The fourth-order valence-electron chi connectivity index (χ4n) is 1.81. The molecule has 5 N–H and O–H groups in total. The van der Waals surface area contributed by atoms with Gasteiger partial charge in [-0.25, -0.2) is 0 Å². The van der Waals surface area contributed by atoms with E-state index in [1.807, 2.05) is 0 Å². The maximum atomic E-state index is 12.1. The molecule has 98 valence electrons. The van der Waals surface area contributed by atoms with E-state index in [2.05, 4.69) is 5.32 Å². The molecule has 2 aromatic rings. The van der Waals surface area contributed by atoms with Crippen LogP contribution in [0.5, 0.6) is 0 Å². The molecule has 0 aliphatic heterocycles. The summed E-state index contributed by atoms with van der Waals surface area (Å²) >= 11 is 0. The van der Waals surface area contributed by atoms with Gasteiger partial charge < -0.3 is 21.4 Å². The molecule has 0 bridgehead atoms. The van der Waals surface area contributed by atoms with Crippen molar-refractivity contribution in [2.24, 2.45) is 12.8 Å². The molecule has 0 radical (unpaired) electrons. The molecule has 1 aromatic carbocycles. The third-order valence-corrected chi connectivity index (χ3v) is 2.70. The van der Waals surface area contributed by atoms with Gasteiger partial charge in [-0.15, -0.1) is 0 Å². The number of hydrogen-bond donors (Lipinski definition) is 3. The van der Waals surface area contributed by atoms with Crippen LogP contribution in [0.25, 0.3) is 0 Å². The molecule has 1 heterocycles. The third kappa shape index (κ3) is 2.57. The Labute approximate surface area is 110 Å². The van der Waals surface area contributed by atoms with Crippen molar-refractivity contribution in [3.63, 3.8) is 0 Å². The number of carbonyl (C=O) groups excluding carboxylic acids is 2. The van der Waals surface area contributed by atoms with E-state index in [0.29, 0.717) is 17.1 Å². The van der Waals surface area contributed by atoms with Crippen molar-refractivity contribution in [3.05, 3.63) is 47.8 Å². The minimum atomic E-state index is -0.595. The number of anilines is 2. The maximum absolute atomic E-state index is 12.1. The molecule has 0 atom stereocenters. The number of hydrogen-bond acceptors (Lipinski definition) is 3. The largest absolute Gasteiger partial charge is 0.397 e. The van der Waals surface area contributed by atoms with E-state index in [0.717, 1.165) is 0 Å². The number of primary amides is 1. The molecule has 6 nitrogen and oxygen atoms in total. The number of nitrogens with one attached hydrogen (secondary N) is 1. The van der Waals surface area contributed by atoms with Gasteiger partial charge in [0.05, 0.1) is 16.9 Å². The first-order valence-corrected chi connectivity index (χ1v) is 5.61. The number of aromatic nitrogens is 1. The second kappa shape index (κ2) is 4.85. The molecule has 0 aliphatic carbocycles. The van der Waals surface area contributed by atoms with Crippen LogP contribution in [0, 0.1) is 0 Å². The predicted molar refractivity (Wildman–Crippen MR) is 72.7 cm³/mol. The first-order chi connectivity index (χ1) is 8.99. The zero-order valence-electron chi connectivity index (χ0n) is 10.4. The Balaban J connectivity index is 2.29. The van der Waals surface area contributed by atoms with Crippen LogP contribution in [0.15, 0.2) is 36.5 Å². The van der Waals surface area contributed by atoms with Gasteiger partial charge in [-0.05, 0) is 18.2 Å². The lowest BCUT2D eigenvalue weighted by atomic mass is 10.1. The van der Waals surface area contributed by atoms with Crippen LogP contribution in [0.2, 0.25) is 0 Å². The summed E-state index contributed by atoms with van der Waals surface area (Å²) in [7, 11) is 1.71. The fraction of sp³-hybridized carbons (Fsp3) is 0.0769. The van der Waals surface area contributed by atoms with Gasteiger partial charge in [0.25, 0.3) is 11.8 Å². The molecule has 0 unspecified atom stereocenters. The smallest absolute Gasteiger partial charge is 0.272 e. The first kappa shape index (κ1) is 12.7. The van der Waals surface area contributed by atoms with Gasteiger partial charge in [-0.1, -0.05) is 12.1 Å². The van der Waals surface area contributed by atoms with Gasteiger partial charge in [-0.2, -0.15) is 0 Å². The number of aryl methyl sites for hydroxylation is 1. The zero-order valence-corrected chi connectivity index (χ0v) is 10.4. The summed E-state index contributed by atoms with van der Waals surface area (Å²) in [6.45, 7) is 0. The van der Waals surface area contributed by atoms with Gasteiger partial charge in [0.15, 0.2) is 0 Å². The molecular formula is C13H14N4O2. The molecule has 2 amide bonds. The zero-order chi connectivity index (χ0) is 14.0. The number of para-hydroxylation sites is 1. The van der Waals surface area contributed by atoms with Crippen molar-refractivity contribution >= 4 is 23.2 Å². The minimum Gasteiger partial charge on any atom is -0.397 e. The van der Waals surface area contributed by atoms with Crippen molar-refractivity contribution in [1.29, 1.82) is 0 Å². The Morgan fingerprint density at radius 3 is 2.53 bits per heavy atom. The molecule has 0 saturated carbocycles. The summed E-state index contributed by atoms with van der Waals surface area (Å²) in [4.78, 5) is 23.3. The number of benzene rings is 1. The quantitative estimate of drug-likeness (QED) is 0.763. The normalized spacial score (nSPS) is 10.2. The van der Waals surface area contributed by atoms with Gasteiger partial charge >= 0.3 is 0 Å². The van der Waals surface area contributed by atoms with Gasteiger partial charge in [-0.3, -0.25) is 9.59 Å². The number of rotatable bonds is 3. The molecule has 2 rings (SSSR count). The second-order valence-electron chi connectivity index (χ2n) is 4.13. The summed E-state index contributed by atoms with van der Waals surface area (Å²) in [5.41, 5.74) is 12.4. The van der Waals surface area contributed by atoms with E-state index in [9.17, 15) is 9.59 Å². The number of carbonyl (C=O) groups is 2. The van der Waals surface area contributed by atoms with E-state index in [1.165, 1.54) is 0 Å². The molecule has 1 aromatic heterocycles. The summed E-state index contributed by atoms with van der Waals surface area (Å²) in [6.07, 6.45) is 1.63. The van der Waals surface area contributed by atoms with Gasteiger partial charge in [0.2, 0.25) is 0 Å². The lowest BCUT2D eigenvalue weighted by Crippen LogP contribution is -2.19. The molecule has 19 heavy (non-hydrogen) atoms. The van der Waals surface area contributed by atoms with E-state index >= 15 is 0 Å². The molecule has 6 heteroatoms. The lowest BCUT2D eigenvalue weighted by molar-refractivity contribution is 0.100. The summed E-state index contributed by atoms with van der Waals surface area (Å²) in [6, 6.07) is 8.11. The van der Waals surface area contributed by atoms with Crippen LogP contribution in [-0.4, -0.2) is 16.4 Å². The Morgan fingerprint density at radius 1 is 1.26 bits per heavy atom. The SMILES string of the molecule is Cn1cc(N)cc1C(=O)Nc1ccccc1C(N)=O. The lowest BCUT2D eigenvalue weighted by Gasteiger charge is -2.09.